The van der Waals surface area contributed by atoms with E-state index in [1.807, 2.05) is 36.5 Å². The van der Waals surface area contributed by atoms with Crippen LogP contribution in [-0.2, 0) is 4.74 Å². The quantitative estimate of drug-likeness (QED) is 0.398. The van der Waals surface area contributed by atoms with E-state index in [0.717, 1.165) is 60.4 Å². The molecule has 1 saturated heterocycles. The maximum atomic E-state index is 5.79. The number of para-hydroxylation sites is 1. The van der Waals surface area contributed by atoms with Crippen molar-refractivity contribution in [2.75, 3.05) is 49.7 Å². The Balaban J connectivity index is 1.38. The SMILES string of the molecule is CC(C)n1c(-c2ccc(N3CCOCC3)nc2)nc2c(NCCOc3ccccc3)ncnc21. The summed E-state index contributed by atoms with van der Waals surface area (Å²) in [6.07, 6.45) is 3.46. The standard InChI is InChI=1S/C25H29N7O2/c1-18(2)32-24(19-8-9-21(27-16-19)31-11-14-33-15-12-31)30-22-23(28-17-29-25(22)32)26-10-13-34-20-6-4-3-5-7-20/h3-9,16-18H,10-15H2,1-2H3,(H,26,28,29). The van der Waals surface area contributed by atoms with Crippen LogP contribution in [0, 0.1) is 0 Å². The molecule has 0 atom stereocenters. The molecule has 0 unspecified atom stereocenters. The average molecular weight is 460 g/mol. The summed E-state index contributed by atoms with van der Waals surface area (Å²) in [5, 5.41) is 3.35. The molecule has 1 aliphatic heterocycles. The van der Waals surface area contributed by atoms with Gasteiger partial charge in [0, 0.05) is 30.9 Å². The summed E-state index contributed by atoms with van der Waals surface area (Å²) in [5.74, 6) is 3.33. The van der Waals surface area contributed by atoms with E-state index in [9.17, 15) is 0 Å². The van der Waals surface area contributed by atoms with Crippen LogP contribution in [0.25, 0.3) is 22.6 Å². The van der Waals surface area contributed by atoms with Gasteiger partial charge in [-0.15, -0.1) is 0 Å². The number of rotatable bonds is 8. The molecular formula is C25H29N7O2. The van der Waals surface area contributed by atoms with Gasteiger partial charge in [0.15, 0.2) is 17.0 Å². The fourth-order valence-corrected chi connectivity index (χ4v) is 4.08. The molecule has 1 aromatic carbocycles. The highest BCUT2D eigenvalue weighted by Crippen LogP contribution is 2.30. The summed E-state index contributed by atoms with van der Waals surface area (Å²) in [5.41, 5.74) is 2.48. The highest BCUT2D eigenvalue weighted by atomic mass is 16.5. The molecule has 1 fully saturated rings. The third-order valence-electron chi connectivity index (χ3n) is 5.74. The monoisotopic (exact) mass is 459 g/mol. The number of hydrogen-bond acceptors (Lipinski definition) is 8. The molecule has 34 heavy (non-hydrogen) atoms. The molecule has 9 nitrogen and oxygen atoms in total. The Morgan fingerprint density at radius 3 is 2.59 bits per heavy atom. The molecule has 0 spiro atoms. The van der Waals surface area contributed by atoms with Gasteiger partial charge in [0.05, 0.1) is 19.8 Å². The molecule has 9 heteroatoms. The predicted octanol–water partition coefficient (Wildman–Crippen LogP) is 3.80. The molecule has 5 rings (SSSR count). The first-order chi connectivity index (χ1) is 16.7. The van der Waals surface area contributed by atoms with E-state index in [1.165, 1.54) is 0 Å². The third kappa shape index (κ3) is 4.65. The lowest BCUT2D eigenvalue weighted by Gasteiger charge is -2.27. The van der Waals surface area contributed by atoms with Gasteiger partial charge >= 0.3 is 0 Å². The Morgan fingerprint density at radius 1 is 1.03 bits per heavy atom. The van der Waals surface area contributed by atoms with Crippen LogP contribution in [0.5, 0.6) is 5.75 Å². The zero-order valence-electron chi connectivity index (χ0n) is 19.5. The second-order valence-corrected chi connectivity index (χ2v) is 8.39. The number of morpholine rings is 1. The van der Waals surface area contributed by atoms with Crippen molar-refractivity contribution in [2.24, 2.45) is 0 Å². The zero-order valence-corrected chi connectivity index (χ0v) is 19.5. The number of ether oxygens (including phenoxy) is 2. The summed E-state index contributed by atoms with van der Waals surface area (Å²) >= 11 is 0. The van der Waals surface area contributed by atoms with Gasteiger partial charge in [-0.25, -0.2) is 19.9 Å². The Hall–Kier alpha value is -3.72. The number of hydrogen-bond donors (Lipinski definition) is 1. The van der Waals surface area contributed by atoms with Crippen molar-refractivity contribution in [1.82, 2.24) is 24.5 Å². The lowest BCUT2D eigenvalue weighted by Crippen LogP contribution is -2.36. The first-order valence-electron chi connectivity index (χ1n) is 11.6. The van der Waals surface area contributed by atoms with Crippen LogP contribution >= 0.6 is 0 Å². The van der Waals surface area contributed by atoms with E-state index in [0.29, 0.717) is 19.0 Å². The van der Waals surface area contributed by atoms with Gasteiger partial charge < -0.3 is 24.3 Å². The Morgan fingerprint density at radius 2 is 1.85 bits per heavy atom. The molecule has 0 amide bonds. The minimum absolute atomic E-state index is 0.170. The Bertz CT molecular complexity index is 1220. The van der Waals surface area contributed by atoms with Crippen LogP contribution in [0.4, 0.5) is 11.6 Å². The van der Waals surface area contributed by atoms with Crippen LogP contribution in [0.3, 0.4) is 0 Å². The maximum Gasteiger partial charge on any atom is 0.166 e. The van der Waals surface area contributed by atoms with Crippen molar-refractivity contribution >= 4 is 22.8 Å². The van der Waals surface area contributed by atoms with Gasteiger partial charge in [-0.3, -0.25) is 0 Å². The first kappa shape index (κ1) is 22.1. The van der Waals surface area contributed by atoms with Gasteiger partial charge in [0.1, 0.15) is 30.3 Å². The van der Waals surface area contributed by atoms with Gasteiger partial charge in [0.2, 0.25) is 0 Å². The van der Waals surface area contributed by atoms with E-state index in [1.54, 1.807) is 6.33 Å². The van der Waals surface area contributed by atoms with Gasteiger partial charge in [-0.1, -0.05) is 18.2 Å². The largest absolute Gasteiger partial charge is 0.492 e. The van der Waals surface area contributed by atoms with Crippen molar-refractivity contribution in [3.05, 3.63) is 55.0 Å². The lowest BCUT2D eigenvalue weighted by molar-refractivity contribution is 0.122. The molecule has 176 valence electrons. The summed E-state index contributed by atoms with van der Waals surface area (Å²) < 4.78 is 13.4. The van der Waals surface area contributed by atoms with Gasteiger partial charge in [0.25, 0.3) is 0 Å². The van der Waals surface area contributed by atoms with Crippen LogP contribution in [-0.4, -0.2) is 64.0 Å². The van der Waals surface area contributed by atoms with Gasteiger partial charge in [-0.05, 0) is 38.1 Å². The minimum Gasteiger partial charge on any atom is -0.492 e. The van der Waals surface area contributed by atoms with Crippen LogP contribution in [0.2, 0.25) is 0 Å². The van der Waals surface area contributed by atoms with Crippen molar-refractivity contribution in [3.63, 3.8) is 0 Å². The van der Waals surface area contributed by atoms with Crippen LogP contribution in [0.15, 0.2) is 55.0 Å². The fraction of sp³-hybridized carbons (Fsp3) is 0.360. The molecule has 0 bridgehead atoms. The number of nitrogens with zero attached hydrogens (tertiary/aromatic N) is 6. The number of benzene rings is 1. The normalized spacial score (nSPS) is 14.0. The Kier molecular flexibility index (Phi) is 6.53. The highest BCUT2D eigenvalue weighted by molar-refractivity contribution is 5.86. The maximum absolute atomic E-state index is 5.79. The summed E-state index contributed by atoms with van der Waals surface area (Å²) in [4.78, 5) is 20.9. The summed E-state index contributed by atoms with van der Waals surface area (Å²) in [6, 6.07) is 14.1. The number of nitrogens with one attached hydrogen (secondary N) is 1. The second-order valence-electron chi connectivity index (χ2n) is 8.39. The van der Waals surface area contributed by atoms with Gasteiger partial charge in [-0.2, -0.15) is 0 Å². The van der Waals surface area contributed by atoms with E-state index in [2.05, 4.69) is 50.7 Å². The third-order valence-corrected chi connectivity index (χ3v) is 5.74. The molecule has 0 aliphatic carbocycles. The molecule has 0 radical (unpaired) electrons. The molecule has 3 aromatic heterocycles. The van der Waals surface area contributed by atoms with E-state index < -0.39 is 0 Å². The topological polar surface area (TPSA) is 90.2 Å². The molecule has 4 aromatic rings. The molecule has 1 aliphatic rings. The molecule has 1 N–H and O–H groups in total. The molecule has 4 heterocycles. The van der Waals surface area contributed by atoms with E-state index in [-0.39, 0.29) is 6.04 Å². The minimum atomic E-state index is 0.170. The number of aromatic nitrogens is 5. The second kappa shape index (κ2) is 10.0. The summed E-state index contributed by atoms with van der Waals surface area (Å²) in [7, 11) is 0. The predicted molar refractivity (Wildman–Crippen MR) is 132 cm³/mol. The number of anilines is 2. The van der Waals surface area contributed by atoms with Crippen molar-refractivity contribution in [2.45, 2.75) is 19.9 Å². The zero-order chi connectivity index (χ0) is 23.3. The fourth-order valence-electron chi connectivity index (χ4n) is 4.08. The van der Waals surface area contributed by atoms with Crippen molar-refractivity contribution in [3.8, 4) is 17.1 Å². The number of fused-ring (bicyclic) bond motifs is 1. The first-order valence-corrected chi connectivity index (χ1v) is 11.6. The van der Waals surface area contributed by atoms with E-state index in [4.69, 9.17) is 19.4 Å². The smallest absolute Gasteiger partial charge is 0.166 e. The van der Waals surface area contributed by atoms with Crippen molar-refractivity contribution < 1.29 is 9.47 Å². The van der Waals surface area contributed by atoms with E-state index >= 15 is 0 Å². The Labute approximate surface area is 198 Å². The highest BCUT2D eigenvalue weighted by Gasteiger charge is 2.20. The average Bonchev–Trinajstić information content (AvgIpc) is 3.29. The van der Waals surface area contributed by atoms with Crippen molar-refractivity contribution in [1.29, 1.82) is 0 Å². The molecular weight excluding hydrogens is 430 g/mol. The van der Waals surface area contributed by atoms with Crippen LogP contribution in [0.1, 0.15) is 19.9 Å². The van der Waals surface area contributed by atoms with Crippen LogP contribution < -0.4 is 15.0 Å². The lowest BCUT2D eigenvalue weighted by atomic mass is 10.2. The number of imidazole rings is 1. The summed E-state index contributed by atoms with van der Waals surface area (Å²) in [6.45, 7) is 8.55. The number of pyridine rings is 1. The molecule has 0 saturated carbocycles.